The van der Waals surface area contributed by atoms with E-state index >= 15 is 0 Å². The van der Waals surface area contributed by atoms with Crippen LogP contribution in [0.2, 0.25) is 0 Å². The van der Waals surface area contributed by atoms with Gasteiger partial charge in [0, 0.05) is 30.6 Å². The molecule has 2 atom stereocenters. The summed E-state index contributed by atoms with van der Waals surface area (Å²) in [6, 6.07) is 29.8. The van der Waals surface area contributed by atoms with E-state index in [1.807, 2.05) is 18.2 Å². The highest BCUT2D eigenvalue weighted by Crippen LogP contribution is 2.50. The van der Waals surface area contributed by atoms with E-state index in [4.69, 9.17) is 14.5 Å². The Morgan fingerprint density at radius 2 is 1.61 bits per heavy atom. The Bertz CT molecular complexity index is 1790. The van der Waals surface area contributed by atoms with Gasteiger partial charge < -0.3 is 19.7 Å². The molecule has 0 saturated carbocycles. The number of aliphatic imine (C=N–C) groups is 1. The van der Waals surface area contributed by atoms with E-state index in [-0.39, 0.29) is 17.7 Å². The first-order valence-electron chi connectivity index (χ1n) is 15.5. The lowest BCUT2D eigenvalue weighted by Gasteiger charge is -2.43. The van der Waals surface area contributed by atoms with Gasteiger partial charge in [0.05, 0.1) is 22.2 Å². The topological polar surface area (TPSA) is 63.2 Å². The third kappa shape index (κ3) is 5.99. The van der Waals surface area contributed by atoms with Crippen LogP contribution >= 0.6 is 27.7 Å². The van der Waals surface area contributed by atoms with Gasteiger partial charge in [-0.1, -0.05) is 73.3 Å². The molecule has 4 aromatic rings. The molecule has 4 aromatic carbocycles. The first kappa shape index (κ1) is 30.4. The molecule has 0 spiro atoms. The molecule has 1 N–H and O–H groups in total. The second-order valence-electron chi connectivity index (χ2n) is 11.6. The monoisotopic (exact) mass is 691 g/mol. The van der Waals surface area contributed by atoms with Crippen LogP contribution in [0, 0.1) is 0 Å². The maximum Gasteiger partial charge on any atom is 0.264 e. The zero-order chi connectivity index (χ0) is 31.6. The predicted octanol–water partition coefficient (Wildman–Crippen LogP) is 8.79. The molecule has 3 heterocycles. The van der Waals surface area contributed by atoms with Gasteiger partial charge in [0.25, 0.3) is 5.91 Å². The van der Waals surface area contributed by atoms with E-state index in [9.17, 15) is 4.79 Å². The second kappa shape index (κ2) is 13.2. The van der Waals surface area contributed by atoms with Crippen LogP contribution < -0.4 is 19.7 Å². The summed E-state index contributed by atoms with van der Waals surface area (Å²) < 4.78 is 12.1. The number of methoxy groups -OCH3 is 1. The number of hydrogen-bond acceptors (Lipinski definition) is 6. The number of hydrogen-bond donors (Lipinski definition) is 1. The fraction of sp³-hybridized carbons (Fsp3) is 0.211. The van der Waals surface area contributed by atoms with Crippen molar-refractivity contribution in [2.75, 3.05) is 31.7 Å². The molecule has 1 saturated heterocycles. The number of benzene rings is 4. The summed E-state index contributed by atoms with van der Waals surface area (Å²) in [6.07, 6.45) is 5.64. The van der Waals surface area contributed by atoms with Gasteiger partial charge in [-0.25, -0.2) is 4.99 Å². The highest BCUT2D eigenvalue weighted by molar-refractivity contribution is 9.10. The molecule has 0 radical (unpaired) electrons. The van der Waals surface area contributed by atoms with Gasteiger partial charge in [-0.2, -0.15) is 0 Å². The maximum absolute atomic E-state index is 13.1. The fourth-order valence-corrected chi connectivity index (χ4v) is 8.17. The van der Waals surface area contributed by atoms with Crippen molar-refractivity contribution in [1.82, 2.24) is 5.32 Å². The van der Waals surface area contributed by atoms with E-state index in [0.29, 0.717) is 28.2 Å². The van der Waals surface area contributed by atoms with Crippen molar-refractivity contribution in [2.45, 2.75) is 24.7 Å². The van der Waals surface area contributed by atoms with Crippen molar-refractivity contribution in [2.24, 2.45) is 4.99 Å². The molecule has 232 valence electrons. The van der Waals surface area contributed by atoms with Crippen LogP contribution in [0.1, 0.15) is 52.5 Å². The van der Waals surface area contributed by atoms with E-state index in [1.165, 1.54) is 39.7 Å². The third-order valence-electron chi connectivity index (χ3n) is 8.78. The number of carbonyl (C=O) groups excluding carboxylic acids is 1. The minimum absolute atomic E-state index is 0.180. The van der Waals surface area contributed by atoms with Gasteiger partial charge in [0.15, 0.2) is 16.7 Å². The molecule has 1 amide bonds. The molecular weight excluding hydrogens is 658 g/mol. The highest BCUT2D eigenvalue weighted by atomic mass is 79.9. The van der Waals surface area contributed by atoms with Crippen LogP contribution in [0.3, 0.4) is 0 Å². The van der Waals surface area contributed by atoms with Crippen LogP contribution in [0.15, 0.2) is 112 Å². The van der Waals surface area contributed by atoms with Crippen LogP contribution in [0.4, 0.5) is 11.4 Å². The molecule has 6 nitrogen and oxygen atoms in total. The Hall–Kier alpha value is -4.27. The molecule has 8 heteroatoms. The number of halogens is 1. The molecule has 0 aromatic heterocycles. The van der Waals surface area contributed by atoms with Gasteiger partial charge in [-0.3, -0.25) is 4.79 Å². The number of thioether (sulfide) groups is 1. The molecule has 3 aliphatic heterocycles. The lowest BCUT2D eigenvalue weighted by Crippen LogP contribution is -2.37. The normalized spacial score (nSPS) is 20.4. The van der Waals surface area contributed by atoms with Crippen LogP contribution in [-0.4, -0.2) is 37.9 Å². The smallest absolute Gasteiger partial charge is 0.264 e. The Labute approximate surface area is 282 Å². The van der Waals surface area contributed by atoms with E-state index in [2.05, 4.69) is 106 Å². The number of anilines is 1. The lowest BCUT2D eigenvalue weighted by molar-refractivity contribution is -0.115. The number of nitrogens with one attached hydrogen (secondary N) is 1. The van der Waals surface area contributed by atoms with E-state index in [1.54, 1.807) is 13.2 Å². The van der Waals surface area contributed by atoms with Crippen molar-refractivity contribution in [3.8, 4) is 11.5 Å². The number of rotatable bonds is 8. The van der Waals surface area contributed by atoms with Gasteiger partial charge in [0.1, 0.15) is 6.61 Å². The van der Waals surface area contributed by atoms with E-state index < -0.39 is 0 Å². The van der Waals surface area contributed by atoms with Gasteiger partial charge in [-0.05, 0) is 98.7 Å². The standard InChI is InChI=1S/C38H34BrN3O3S/c1-3-18-45-36-32(39)19-24(20-33(36)44-2)21-34-37(43)41-38(46-34)40-27-22-30-28(25-10-6-4-7-11-25)14-16-42-17-15-29(31(23-27)35(30)42)26-12-8-5-9-13-26/h3-13,19-23,28-29H,1,14-18H2,2H3,(H,40,41,43)/b34-21-/t28-,29-/m0/s1. The molecule has 0 unspecified atom stereocenters. The van der Waals surface area contributed by atoms with Gasteiger partial charge in [0.2, 0.25) is 0 Å². The number of carbonyl (C=O) groups is 1. The lowest BCUT2D eigenvalue weighted by atomic mass is 9.76. The summed E-state index contributed by atoms with van der Waals surface area (Å²) in [5, 5.41) is 3.56. The van der Waals surface area contributed by atoms with Crippen molar-refractivity contribution >= 4 is 56.2 Å². The maximum atomic E-state index is 13.1. The molecule has 0 aliphatic carbocycles. The Balaban J connectivity index is 1.26. The van der Waals surface area contributed by atoms with Crippen LogP contribution in [0.25, 0.3) is 6.08 Å². The summed E-state index contributed by atoms with van der Waals surface area (Å²) in [5.74, 6) is 1.55. The Morgan fingerprint density at radius 3 is 2.20 bits per heavy atom. The second-order valence-corrected chi connectivity index (χ2v) is 13.5. The number of nitrogens with zero attached hydrogens (tertiary/aromatic N) is 2. The summed E-state index contributed by atoms with van der Waals surface area (Å²) >= 11 is 4.93. The minimum atomic E-state index is -0.180. The van der Waals surface area contributed by atoms with E-state index in [0.717, 1.165) is 41.7 Å². The molecule has 3 aliphatic rings. The average molecular weight is 693 g/mol. The minimum Gasteiger partial charge on any atom is -0.493 e. The van der Waals surface area contributed by atoms with Gasteiger partial charge >= 0.3 is 0 Å². The SMILES string of the molecule is C=CCOc1c(Br)cc(/C=C2\SC(=Nc3cc4c5c(c3)[C@H](c3ccccc3)CCN5CC[C@H]4c3ccccc3)NC2=O)cc1OC. The highest BCUT2D eigenvalue weighted by Gasteiger charge is 2.35. The number of amidine groups is 1. The van der Waals surface area contributed by atoms with Crippen molar-refractivity contribution < 1.29 is 14.3 Å². The van der Waals surface area contributed by atoms with Crippen molar-refractivity contribution in [3.63, 3.8) is 0 Å². The summed E-state index contributed by atoms with van der Waals surface area (Å²) in [6.45, 7) is 6.15. The molecule has 1 fully saturated rings. The average Bonchev–Trinajstić information content (AvgIpc) is 3.42. The van der Waals surface area contributed by atoms with Crippen LogP contribution in [0.5, 0.6) is 11.5 Å². The van der Waals surface area contributed by atoms with Gasteiger partial charge in [-0.15, -0.1) is 0 Å². The first-order valence-corrected chi connectivity index (χ1v) is 17.1. The predicted molar refractivity (Wildman–Crippen MR) is 192 cm³/mol. The largest absolute Gasteiger partial charge is 0.493 e. The quantitative estimate of drug-likeness (QED) is 0.148. The van der Waals surface area contributed by atoms with Crippen LogP contribution in [-0.2, 0) is 4.79 Å². The summed E-state index contributed by atoms with van der Waals surface area (Å²) in [5.41, 5.74) is 8.30. The third-order valence-corrected chi connectivity index (χ3v) is 10.3. The zero-order valence-electron chi connectivity index (χ0n) is 25.5. The number of ether oxygens (including phenoxy) is 2. The number of amides is 1. The molecule has 46 heavy (non-hydrogen) atoms. The van der Waals surface area contributed by atoms with Crippen molar-refractivity contribution in [3.05, 3.63) is 135 Å². The van der Waals surface area contributed by atoms with Crippen molar-refractivity contribution in [1.29, 1.82) is 0 Å². The first-order chi connectivity index (χ1) is 22.5. The summed E-state index contributed by atoms with van der Waals surface area (Å²) in [7, 11) is 1.59. The molecular formula is C38H34BrN3O3S. The molecule has 7 rings (SSSR count). The zero-order valence-corrected chi connectivity index (χ0v) is 27.9. The Morgan fingerprint density at radius 1 is 0.978 bits per heavy atom. The fourth-order valence-electron chi connectivity index (χ4n) is 6.76. The summed E-state index contributed by atoms with van der Waals surface area (Å²) in [4.78, 5) is 21.3. The molecule has 0 bridgehead atoms. The Kier molecular flexibility index (Phi) is 8.73.